The van der Waals surface area contributed by atoms with Gasteiger partial charge in [0.25, 0.3) is 20.0 Å². The molecule has 12 nitrogen and oxygen atoms in total. The van der Waals surface area contributed by atoms with E-state index in [0.29, 0.717) is 0 Å². The van der Waals surface area contributed by atoms with E-state index in [2.05, 4.69) is 10.9 Å². The van der Waals surface area contributed by atoms with Gasteiger partial charge in [0.1, 0.15) is 0 Å². The lowest BCUT2D eigenvalue weighted by atomic mass is 10.2. The lowest BCUT2D eigenvalue weighted by molar-refractivity contribution is 0.184. The minimum Gasteiger partial charge on any atom is -0.270 e. The molecule has 2 heterocycles. The highest BCUT2D eigenvalue weighted by molar-refractivity contribution is 7.90. The standard InChI is InChI=1S/2C14H21N3O3S/c2*1-12-6-8-13(9-7-12)21(19,20)16-14(18)15-17-10-4-2-3-5-11-17/h2*6-9H,2-5,10-11H2,1H3,(H2,15,16,18). The number of carbonyl (C=O) groups excluding carboxylic acids is 2. The first-order valence-corrected chi connectivity index (χ1v) is 17.2. The number of carbonyl (C=O) groups is 2. The van der Waals surface area contributed by atoms with Crippen molar-refractivity contribution in [3.63, 3.8) is 0 Å². The Morgan fingerprint density at radius 3 is 1.10 bits per heavy atom. The van der Waals surface area contributed by atoms with Gasteiger partial charge < -0.3 is 0 Å². The molecule has 4 N–H and O–H groups in total. The van der Waals surface area contributed by atoms with Crippen molar-refractivity contribution < 1.29 is 26.4 Å². The number of nitrogens with zero attached hydrogens (tertiary/aromatic N) is 2. The summed E-state index contributed by atoms with van der Waals surface area (Å²) in [6, 6.07) is 11.3. The van der Waals surface area contributed by atoms with E-state index in [1.807, 2.05) is 23.3 Å². The van der Waals surface area contributed by atoms with Gasteiger partial charge in [0.15, 0.2) is 0 Å². The number of urea groups is 2. The Hall–Kier alpha value is -3.20. The average Bonchev–Trinajstić information content (AvgIpc) is 3.34. The smallest absolute Gasteiger partial charge is 0.270 e. The van der Waals surface area contributed by atoms with E-state index in [9.17, 15) is 26.4 Å². The van der Waals surface area contributed by atoms with Crippen molar-refractivity contribution >= 4 is 32.1 Å². The Morgan fingerprint density at radius 2 is 0.810 bits per heavy atom. The molecule has 4 rings (SSSR count). The zero-order valence-electron chi connectivity index (χ0n) is 24.3. The number of sulfonamides is 2. The fraction of sp³-hybridized carbons (Fsp3) is 0.500. The number of hydrogen-bond acceptors (Lipinski definition) is 8. The predicted octanol–water partition coefficient (Wildman–Crippen LogP) is 3.55. The third kappa shape index (κ3) is 11.2. The van der Waals surface area contributed by atoms with Crippen LogP contribution in [0.25, 0.3) is 0 Å². The van der Waals surface area contributed by atoms with Crippen LogP contribution in [0.15, 0.2) is 58.3 Å². The lowest BCUT2D eigenvalue weighted by Crippen LogP contribution is -2.49. The monoisotopic (exact) mass is 622 g/mol. The summed E-state index contributed by atoms with van der Waals surface area (Å²) < 4.78 is 52.4. The van der Waals surface area contributed by atoms with E-state index in [1.54, 1.807) is 34.3 Å². The van der Waals surface area contributed by atoms with Gasteiger partial charge in [-0.05, 0) is 63.8 Å². The molecule has 2 saturated heterocycles. The molecule has 0 atom stereocenters. The minimum atomic E-state index is -3.82. The van der Waals surface area contributed by atoms with Gasteiger partial charge in [0.2, 0.25) is 0 Å². The van der Waals surface area contributed by atoms with Crippen LogP contribution in [0, 0.1) is 13.8 Å². The van der Waals surface area contributed by atoms with E-state index < -0.39 is 32.1 Å². The third-order valence-corrected chi connectivity index (χ3v) is 9.54. The van der Waals surface area contributed by atoms with Crippen LogP contribution in [0.3, 0.4) is 0 Å². The maximum atomic E-state index is 12.1. The number of hydrogen-bond donors (Lipinski definition) is 4. The van der Waals surface area contributed by atoms with Crippen LogP contribution in [0.1, 0.15) is 62.5 Å². The van der Waals surface area contributed by atoms with Crippen LogP contribution in [0.4, 0.5) is 9.59 Å². The van der Waals surface area contributed by atoms with Crippen molar-refractivity contribution in [3.8, 4) is 0 Å². The summed E-state index contributed by atoms with van der Waals surface area (Å²) in [5.74, 6) is 0. The van der Waals surface area contributed by atoms with Gasteiger partial charge in [-0.15, -0.1) is 0 Å². The summed E-state index contributed by atoms with van der Waals surface area (Å²) in [5.41, 5.74) is 7.12. The van der Waals surface area contributed by atoms with Crippen LogP contribution in [0.5, 0.6) is 0 Å². The molecule has 2 fully saturated rings. The predicted molar refractivity (Wildman–Crippen MR) is 160 cm³/mol. The summed E-state index contributed by atoms with van der Waals surface area (Å²) in [6.45, 7) is 6.73. The maximum Gasteiger partial charge on any atom is 0.343 e. The van der Waals surface area contributed by atoms with E-state index >= 15 is 0 Å². The van der Waals surface area contributed by atoms with Gasteiger partial charge in [0.05, 0.1) is 9.79 Å². The van der Waals surface area contributed by atoms with Crippen molar-refractivity contribution in [3.05, 3.63) is 59.7 Å². The average molecular weight is 623 g/mol. The highest BCUT2D eigenvalue weighted by Crippen LogP contribution is 2.12. The van der Waals surface area contributed by atoms with Gasteiger partial charge in [-0.3, -0.25) is 10.9 Å². The Labute approximate surface area is 249 Å². The number of aryl methyl sites for hydroxylation is 2. The Balaban J connectivity index is 0.000000230. The topological polar surface area (TPSA) is 157 Å². The zero-order chi connectivity index (χ0) is 30.6. The number of hydrazine groups is 2. The first-order valence-electron chi connectivity index (χ1n) is 14.2. The number of nitrogens with one attached hydrogen (secondary N) is 4. The number of benzene rings is 2. The lowest BCUT2D eigenvalue weighted by Gasteiger charge is -2.20. The SMILES string of the molecule is Cc1ccc(S(=O)(=O)NC(=O)NN2CCCCCC2)cc1.Cc1ccc(S(=O)(=O)NC(=O)NN2CCCCCC2)cc1. The van der Waals surface area contributed by atoms with E-state index in [0.717, 1.165) is 88.7 Å². The normalized spacial score (nSPS) is 17.0. The van der Waals surface area contributed by atoms with Gasteiger partial charge >= 0.3 is 12.1 Å². The van der Waals surface area contributed by atoms with Gasteiger partial charge in [-0.25, -0.2) is 45.9 Å². The zero-order valence-corrected chi connectivity index (χ0v) is 25.9. The molecule has 0 unspecified atom stereocenters. The van der Waals surface area contributed by atoms with E-state index in [-0.39, 0.29) is 9.79 Å². The molecule has 2 aliphatic rings. The van der Waals surface area contributed by atoms with Crippen LogP contribution in [-0.4, -0.2) is 65.1 Å². The van der Waals surface area contributed by atoms with E-state index in [4.69, 9.17) is 0 Å². The summed E-state index contributed by atoms with van der Waals surface area (Å²) in [5, 5.41) is 3.54. The second-order valence-corrected chi connectivity index (χ2v) is 13.9. The largest absolute Gasteiger partial charge is 0.343 e. The van der Waals surface area contributed by atoms with Crippen molar-refractivity contribution in [2.75, 3.05) is 26.2 Å². The number of rotatable bonds is 6. The van der Waals surface area contributed by atoms with Crippen molar-refractivity contribution in [2.45, 2.75) is 75.0 Å². The molecular formula is C28H42N6O6S2. The molecule has 14 heteroatoms. The molecule has 2 aliphatic heterocycles. The molecule has 0 saturated carbocycles. The molecule has 0 radical (unpaired) electrons. The molecule has 0 aliphatic carbocycles. The van der Waals surface area contributed by atoms with Gasteiger partial charge in [-0.2, -0.15) is 0 Å². The Morgan fingerprint density at radius 1 is 0.524 bits per heavy atom. The molecule has 0 spiro atoms. The van der Waals surface area contributed by atoms with Crippen molar-refractivity contribution in [1.29, 1.82) is 0 Å². The van der Waals surface area contributed by atoms with E-state index in [1.165, 1.54) is 24.3 Å². The summed E-state index contributed by atoms with van der Waals surface area (Å²) in [7, 11) is -7.65. The van der Waals surface area contributed by atoms with Crippen molar-refractivity contribution in [2.24, 2.45) is 0 Å². The molecule has 2 aromatic rings. The van der Waals surface area contributed by atoms with Crippen LogP contribution < -0.4 is 20.3 Å². The first-order chi connectivity index (χ1) is 19.9. The number of amides is 4. The summed E-state index contributed by atoms with van der Waals surface area (Å²) in [6.07, 6.45) is 8.58. The molecular weight excluding hydrogens is 580 g/mol. The molecule has 42 heavy (non-hydrogen) atoms. The van der Waals surface area contributed by atoms with Crippen LogP contribution >= 0.6 is 0 Å². The minimum absolute atomic E-state index is 0.0825. The molecule has 0 bridgehead atoms. The Kier molecular flexibility index (Phi) is 12.6. The maximum absolute atomic E-state index is 12.1. The highest BCUT2D eigenvalue weighted by atomic mass is 32.2. The van der Waals surface area contributed by atoms with Gasteiger partial charge in [0, 0.05) is 26.2 Å². The molecule has 0 aromatic heterocycles. The molecule has 2 aromatic carbocycles. The molecule has 232 valence electrons. The third-order valence-electron chi connectivity index (χ3n) is 6.85. The van der Waals surface area contributed by atoms with Crippen LogP contribution in [-0.2, 0) is 20.0 Å². The summed E-state index contributed by atoms with van der Waals surface area (Å²) in [4.78, 5) is 23.8. The fourth-order valence-electron chi connectivity index (χ4n) is 4.49. The molecule has 4 amide bonds. The van der Waals surface area contributed by atoms with Gasteiger partial charge in [-0.1, -0.05) is 61.1 Å². The first kappa shape index (κ1) is 33.3. The second-order valence-electron chi connectivity index (χ2n) is 10.5. The second kappa shape index (κ2) is 15.9. The Bertz CT molecular complexity index is 1260. The highest BCUT2D eigenvalue weighted by Gasteiger charge is 2.20. The quantitative estimate of drug-likeness (QED) is 0.381. The summed E-state index contributed by atoms with van der Waals surface area (Å²) >= 11 is 0. The van der Waals surface area contributed by atoms with Crippen LogP contribution in [0.2, 0.25) is 0 Å². The fourth-order valence-corrected chi connectivity index (χ4v) is 6.30. The van der Waals surface area contributed by atoms with Crippen molar-refractivity contribution in [1.82, 2.24) is 30.3 Å².